The molecule has 1 aromatic carbocycles. The summed E-state index contributed by atoms with van der Waals surface area (Å²) >= 11 is 1.65. The zero-order valence-corrected chi connectivity index (χ0v) is 14.5. The van der Waals surface area contributed by atoms with Crippen molar-refractivity contribution in [3.05, 3.63) is 53.6 Å². The highest BCUT2D eigenvalue weighted by Crippen LogP contribution is 2.30. The molecule has 23 heavy (non-hydrogen) atoms. The number of hydrogen-bond acceptors (Lipinski definition) is 5. The minimum atomic E-state index is 0.643. The molecule has 0 atom stereocenters. The van der Waals surface area contributed by atoms with Gasteiger partial charge in [-0.1, -0.05) is 29.6 Å². The molecule has 0 saturated carbocycles. The van der Waals surface area contributed by atoms with Crippen molar-refractivity contribution >= 4 is 27.7 Å². The molecular formula is C18H22N2O2S. The van der Waals surface area contributed by atoms with Crippen LogP contribution < -0.4 is 10.1 Å². The van der Waals surface area contributed by atoms with Gasteiger partial charge in [0.1, 0.15) is 5.75 Å². The lowest BCUT2D eigenvalue weighted by Crippen LogP contribution is -1.89. The maximum Gasteiger partial charge on any atom is 0.187 e. The van der Waals surface area contributed by atoms with Crippen molar-refractivity contribution in [1.29, 1.82) is 0 Å². The molecule has 0 unspecified atom stereocenters. The summed E-state index contributed by atoms with van der Waals surface area (Å²) in [6.45, 7) is 2.69. The van der Waals surface area contributed by atoms with Gasteiger partial charge < -0.3 is 14.8 Å². The van der Waals surface area contributed by atoms with Crippen LogP contribution in [0, 0.1) is 0 Å². The quantitative estimate of drug-likeness (QED) is 0.700. The molecule has 122 valence electrons. The molecule has 0 aliphatic heterocycles. The first kappa shape index (κ1) is 17.2. The summed E-state index contributed by atoms with van der Waals surface area (Å²) in [5.74, 6) is 0.842. The van der Waals surface area contributed by atoms with Gasteiger partial charge in [-0.3, -0.25) is 0 Å². The van der Waals surface area contributed by atoms with Gasteiger partial charge in [-0.2, -0.15) is 0 Å². The van der Waals surface area contributed by atoms with E-state index in [0.717, 1.165) is 23.0 Å². The van der Waals surface area contributed by atoms with Gasteiger partial charge in [-0.25, -0.2) is 4.98 Å². The summed E-state index contributed by atoms with van der Waals surface area (Å²) in [5.41, 5.74) is 2.26. The first-order valence-electron chi connectivity index (χ1n) is 7.43. The molecule has 0 radical (unpaired) electrons. The summed E-state index contributed by atoms with van der Waals surface area (Å²) in [5, 5.41) is 4.20. The van der Waals surface area contributed by atoms with E-state index >= 15 is 0 Å². The molecule has 0 saturated heterocycles. The molecule has 0 spiro atoms. The molecule has 1 N–H and O–H groups in total. The number of thiazole rings is 1. The van der Waals surface area contributed by atoms with Crippen LogP contribution in [0.4, 0.5) is 10.8 Å². The van der Waals surface area contributed by atoms with E-state index in [2.05, 4.69) is 29.4 Å². The van der Waals surface area contributed by atoms with Crippen LogP contribution in [0.25, 0.3) is 5.57 Å². The van der Waals surface area contributed by atoms with Crippen LogP contribution in [-0.4, -0.2) is 25.8 Å². The summed E-state index contributed by atoms with van der Waals surface area (Å²) in [6, 6.07) is 7.80. The summed E-state index contributed by atoms with van der Waals surface area (Å²) in [4.78, 5) is 5.63. The lowest BCUT2D eigenvalue weighted by atomic mass is 10.1. The normalized spacial score (nSPS) is 11.9. The zero-order chi connectivity index (χ0) is 16.5. The van der Waals surface area contributed by atoms with E-state index in [9.17, 15) is 0 Å². The fraction of sp³-hybridized carbons (Fsp3) is 0.278. The zero-order valence-electron chi connectivity index (χ0n) is 13.7. The minimum absolute atomic E-state index is 0.643. The van der Waals surface area contributed by atoms with E-state index in [4.69, 9.17) is 9.47 Å². The standard InChI is InChI=1S/C18H22N2O2S/c1-4-14(7-5-6-12-21-2)17-13-19-18(23-17)20-15-8-10-16(22-3)11-9-15/h4-6,8-11,13H,7,12H2,1-3H3,(H,19,20)/b6-5-,14-4+. The monoisotopic (exact) mass is 330 g/mol. The van der Waals surface area contributed by atoms with Crippen molar-refractivity contribution in [2.45, 2.75) is 13.3 Å². The number of nitrogens with zero attached hydrogens (tertiary/aromatic N) is 1. The Morgan fingerprint density at radius 1 is 1.22 bits per heavy atom. The average Bonchev–Trinajstić information content (AvgIpc) is 3.04. The van der Waals surface area contributed by atoms with Crippen LogP contribution in [0.3, 0.4) is 0 Å². The summed E-state index contributed by atoms with van der Waals surface area (Å²) in [7, 11) is 3.36. The van der Waals surface area contributed by atoms with E-state index in [1.165, 1.54) is 10.5 Å². The van der Waals surface area contributed by atoms with Crippen LogP contribution in [0.15, 0.2) is 48.7 Å². The summed E-state index contributed by atoms with van der Waals surface area (Å²) in [6.07, 6.45) is 9.07. The second kappa shape index (κ2) is 9.12. The number of hydrogen-bond donors (Lipinski definition) is 1. The van der Waals surface area contributed by atoms with E-state index in [1.807, 2.05) is 36.5 Å². The molecule has 1 heterocycles. The first-order chi connectivity index (χ1) is 11.3. The molecular weight excluding hydrogens is 308 g/mol. The van der Waals surface area contributed by atoms with Crippen LogP contribution >= 0.6 is 11.3 Å². The minimum Gasteiger partial charge on any atom is -0.497 e. The van der Waals surface area contributed by atoms with Crippen molar-refractivity contribution in [1.82, 2.24) is 4.98 Å². The smallest absolute Gasteiger partial charge is 0.187 e. The number of benzene rings is 1. The third-order valence-corrected chi connectivity index (χ3v) is 4.27. The molecule has 1 aromatic heterocycles. The first-order valence-corrected chi connectivity index (χ1v) is 8.25. The van der Waals surface area contributed by atoms with E-state index < -0.39 is 0 Å². The Bertz CT molecular complexity index is 660. The van der Waals surface area contributed by atoms with Crippen LogP contribution in [-0.2, 0) is 4.74 Å². The van der Waals surface area contributed by atoms with Crippen molar-refractivity contribution in [3.8, 4) is 5.75 Å². The number of allylic oxidation sites excluding steroid dienone is 3. The fourth-order valence-electron chi connectivity index (χ4n) is 2.01. The molecule has 0 aliphatic rings. The van der Waals surface area contributed by atoms with Gasteiger partial charge in [0.05, 0.1) is 18.6 Å². The van der Waals surface area contributed by atoms with Gasteiger partial charge in [-0.05, 0) is 43.2 Å². The third kappa shape index (κ3) is 5.23. The van der Waals surface area contributed by atoms with Gasteiger partial charge in [0.15, 0.2) is 5.13 Å². The van der Waals surface area contributed by atoms with Gasteiger partial charge >= 0.3 is 0 Å². The molecule has 2 rings (SSSR count). The fourth-order valence-corrected chi connectivity index (χ4v) is 2.93. The number of ether oxygens (including phenoxy) is 2. The molecule has 0 aliphatic carbocycles. The Balaban J connectivity index is 2.00. The number of nitrogens with one attached hydrogen (secondary N) is 1. The predicted octanol–water partition coefficient (Wildman–Crippen LogP) is 4.89. The van der Waals surface area contributed by atoms with Crippen molar-refractivity contribution < 1.29 is 9.47 Å². The second-order valence-electron chi connectivity index (χ2n) is 4.83. The van der Waals surface area contributed by atoms with Crippen LogP contribution in [0.5, 0.6) is 5.75 Å². The third-order valence-electron chi connectivity index (χ3n) is 3.28. The van der Waals surface area contributed by atoms with Gasteiger partial charge in [0.2, 0.25) is 0 Å². The molecule has 0 amide bonds. The highest BCUT2D eigenvalue weighted by molar-refractivity contribution is 7.16. The molecule has 4 nitrogen and oxygen atoms in total. The second-order valence-corrected chi connectivity index (χ2v) is 5.86. The number of anilines is 2. The Kier molecular flexibility index (Phi) is 6.84. The Labute approximate surface area is 141 Å². The number of methoxy groups -OCH3 is 2. The molecule has 0 bridgehead atoms. The maximum atomic E-state index is 5.16. The maximum absolute atomic E-state index is 5.16. The predicted molar refractivity (Wildman–Crippen MR) is 97.7 cm³/mol. The Morgan fingerprint density at radius 3 is 2.65 bits per heavy atom. The Morgan fingerprint density at radius 2 is 2.00 bits per heavy atom. The number of rotatable bonds is 8. The van der Waals surface area contributed by atoms with Crippen molar-refractivity contribution in [2.24, 2.45) is 0 Å². The van der Waals surface area contributed by atoms with E-state index in [-0.39, 0.29) is 0 Å². The molecule has 0 fully saturated rings. The Hall–Kier alpha value is -2.11. The van der Waals surface area contributed by atoms with Gasteiger partial charge in [0.25, 0.3) is 0 Å². The van der Waals surface area contributed by atoms with Gasteiger partial charge in [-0.15, -0.1) is 0 Å². The van der Waals surface area contributed by atoms with Crippen LogP contribution in [0.1, 0.15) is 18.2 Å². The summed E-state index contributed by atoms with van der Waals surface area (Å²) < 4.78 is 10.2. The van der Waals surface area contributed by atoms with Crippen molar-refractivity contribution in [3.63, 3.8) is 0 Å². The van der Waals surface area contributed by atoms with Crippen molar-refractivity contribution in [2.75, 3.05) is 26.1 Å². The lowest BCUT2D eigenvalue weighted by molar-refractivity contribution is 0.233. The SMILES string of the molecule is C/C=C(\C/C=C\COC)c1cnc(Nc2ccc(OC)cc2)s1. The van der Waals surface area contributed by atoms with Gasteiger partial charge in [0, 0.05) is 19.0 Å². The van der Waals surface area contributed by atoms with Crippen LogP contribution in [0.2, 0.25) is 0 Å². The van der Waals surface area contributed by atoms with E-state index in [1.54, 1.807) is 25.6 Å². The van der Waals surface area contributed by atoms with E-state index in [0.29, 0.717) is 6.61 Å². The highest BCUT2D eigenvalue weighted by Gasteiger charge is 2.06. The lowest BCUT2D eigenvalue weighted by Gasteiger charge is -2.04. The molecule has 2 aromatic rings. The average molecular weight is 330 g/mol. The highest BCUT2D eigenvalue weighted by atomic mass is 32.1. The number of aromatic nitrogens is 1. The molecule has 5 heteroatoms. The largest absolute Gasteiger partial charge is 0.497 e. The topological polar surface area (TPSA) is 43.4 Å².